The summed E-state index contributed by atoms with van der Waals surface area (Å²) in [5.74, 6) is 3.48. The zero-order chi connectivity index (χ0) is 85.8. The normalized spacial score (nSPS) is 11.6. The molecule has 5 aromatic carbocycles. The highest BCUT2D eigenvalue weighted by Crippen LogP contribution is 2.30. The minimum atomic E-state index is -0.459. The van der Waals surface area contributed by atoms with E-state index in [1.165, 1.54) is 101 Å². The van der Waals surface area contributed by atoms with E-state index in [1.54, 1.807) is 48.5 Å². The van der Waals surface area contributed by atoms with Crippen LogP contribution in [0.4, 0.5) is 0 Å². The first-order valence-electron chi connectivity index (χ1n) is 46.8. The Labute approximate surface area is 721 Å². The first kappa shape index (κ1) is 102. The minimum Gasteiger partial charge on any atom is -0.499 e. The molecule has 0 bridgehead atoms. The van der Waals surface area contributed by atoms with Crippen LogP contribution in [0.2, 0.25) is 0 Å². The third kappa shape index (κ3) is 50.1. The van der Waals surface area contributed by atoms with Gasteiger partial charge in [0, 0.05) is 13.0 Å². The van der Waals surface area contributed by atoms with Gasteiger partial charge in [0.1, 0.15) is 40.1 Å². The van der Waals surface area contributed by atoms with Gasteiger partial charge in [0.05, 0.1) is 95.6 Å². The molecule has 0 aromatic heterocycles. The Bertz CT molecular complexity index is 3480. The summed E-state index contributed by atoms with van der Waals surface area (Å²) in [7, 11) is 0. The summed E-state index contributed by atoms with van der Waals surface area (Å²) in [6.45, 7) is 17.3. The van der Waals surface area contributed by atoms with E-state index in [0.29, 0.717) is 117 Å². The number of benzene rings is 5. The highest BCUT2D eigenvalue weighted by molar-refractivity contribution is 5.93. The Kier molecular flexibility index (Phi) is 58.1. The maximum atomic E-state index is 13.4. The van der Waals surface area contributed by atoms with E-state index in [0.717, 1.165) is 204 Å². The number of carbonyl (C=O) groups excluding carboxylic acids is 6. The van der Waals surface area contributed by atoms with Gasteiger partial charge < -0.3 is 57.2 Å². The molecule has 2 atom stereocenters. The Morgan fingerprint density at radius 1 is 0.292 bits per heavy atom. The largest absolute Gasteiger partial charge is 0.499 e. The molecular formula is C102H152O18. The summed E-state index contributed by atoms with van der Waals surface area (Å²) in [6.07, 6.45) is 46.7. The van der Waals surface area contributed by atoms with Gasteiger partial charge in [0.2, 0.25) is 0 Å². The standard InChI is InChI=1S/C102H152O18/c1-6-10-30-44-84(42-8-3)47-49-86-51-59-92(60-52-86)119-100(107)88-55-63-90(64-56-88)111-74-34-22-13-12-21-33-73-110-83(5)46-69-97(104)115-78-38-26-18-15-24-36-76-113-94-67-68-96(95(82-94)102(109)118-81-41-29-20-32-72-103)114-77-37-25-16-19-28-40-80-117-99(106)71-70-98(105)116-79-39-27-17-14-23-35-75-112-91-65-57-89(58-66-91)101(108)120-93-61-53-87(54-62-93)50-48-85(43-9-4)45-31-11-7-2/h51-68,82,84-85,103H,5-50,69-81H2,1-4H3. The van der Waals surface area contributed by atoms with Crippen molar-refractivity contribution in [1.82, 2.24) is 0 Å². The lowest BCUT2D eigenvalue weighted by atomic mass is 9.90. The van der Waals surface area contributed by atoms with E-state index in [1.807, 2.05) is 42.5 Å². The number of aliphatic hydroxyl groups excluding tert-OH is 1. The predicted molar refractivity (Wildman–Crippen MR) is 479 cm³/mol. The number of hydrogen-bond donors (Lipinski definition) is 1. The molecule has 18 nitrogen and oxygen atoms in total. The molecule has 0 amide bonds. The van der Waals surface area contributed by atoms with Crippen LogP contribution in [0.3, 0.4) is 0 Å². The van der Waals surface area contributed by atoms with Gasteiger partial charge in [0.15, 0.2) is 0 Å². The van der Waals surface area contributed by atoms with Crippen molar-refractivity contribution in [3.63, 3.8) is 0 Å². The number of allylic oxidation sites excluding steroid dienone is 1. The van der Waals surface area contributed by atoms with E-state index < -0.39 is 17.9 Å². The molecule has 2 unspecified atom stereocenters. The molecule has 5 rings (SSSR count). The minimum absolute atomic E-state index is 0.00138. The van der Waals surface area contributed by atoms with Gasteiger partial charge in [-0.1, -0.05) is 245 Å². The number of carbonyl (C=O) groups is 6. The zero-order valence-electron chi connectivity index (χ0n) is 74.2. The topological polar surface area (TPSA) is 224 Å². The van der Waals surface area contributed by atoms with Gasteiger partial charge in [-0.05, 0) is 210 Å². The van der Waals surface area contributed by atoms with Crippen LogP contribution in [-0.4, -0.2) is 107 Å². The number of aliphatic hydroxyl groups is 1. The fourth-order valence-electron chi connectivity index (χ4n) is 14.5. The zero-order valence-corrected chi connectivity index (χ0v) is 74.2. The van der Waals surface area contributed by atoms with Crippen molar-refractivity contribution in [2.24, 2.45) is 11.8 Å². The second-order valence-corrected chi connectivity index (χ2v) is 32.4. The number of unbranched alkanes of at least 4 members (excludes halogenated alkanes) is 27. The molecule has 18 heteroatoms. The molecule has 0 heterocycles. The monoisotopic (exact) mass is 1670 g/mol. The molecule has 0 saturated carbocycles. The Hall–Kier alpha value is -8.38. The average Bonchev–Trinajstić information content (AvgIpc) is 0.829. The quantitative estimate of drug-likeness (QED) is 0.0126. The van der Waals surface area contributed by atoms with Crippen LogP contribution < -0.4 is 28.4 Å². The third-order valence-corrected chi connectivity index (χ3v) is 21.9. The Balaban J connectivity index is 0.787. The molecule has 0 spiro atoms. The van der Waals surface area contributed by atoms with Crippen molar-refractivity contribution in [2.45, 2.75) is 336 Å². The number of rotatable bonds is 76. The molecule has 0 saturated heterocycles. The summed E-state index contributed by atoms with van der Waals surface area (Å²) >= 11 is 0. The smallest absolute Gasteiger partial charge is 0.343 e. The summed E-state index contributed by atoms with van der Waals surface area (Å²) in [5.41, 5.74) is 3.85. The van der Waals surface area contributed by atoms with Gasteiger partial charge in [-0.2, -0.15) is 0 Å². The first-order valence-corrected chi connectivity index (χ1v) is 46.8. The van der Waals surface area contributed by atoms with Gasteiger partial charge in [-0.3, -0.25) is 14.4 Å². The van der Waals surface area contributed by atoms with Crippen molar-refractivity contribution in [2.75, 3.05) is 66.1 Å². The molecule has 1 N–H and O–H groups in total. The van der Waals surface area contributed by atoms with Crippen molar-refractivity contribution in [1.29, 1.82) is 0 Å². The summed E-state index contributed by atoms with van der Waals surface area (Å²) in [6, 6.07) is 35.4. The van der Waals surface area contributed by atoms with E-state index >= 15 is 0 Å². The number of ether oxygens (including phenoxy) is 11. The van der Waals surface area contributed by atoms with Crippen LogP contribution in [0.25, 0.3) is 0 Å². The highest BCUT2D eigenvalue weighted by atomic mass is 16.6. The van der Waals surface area contributed by atoms with E-state index in [2.05, 4.69) is 58.5 Å². The molecule has 120 heavy (non-hydrogen) atoms. The second kappa shape index (κ2) is 68.2. The van der Waals surface area contributed by atoms with Gasteiger partial charge in [-0.15, -0.1) is 0 Å². The number of hydrogen-bond acceptors (Lipinski definition) is 18. The lowest BCUT2D eigenvalue weighted by molar-refractivity contribution is -0.150. The second-order valence-electron chi connectivity index (χ2n) is 32.4. The number of esters is 6. The van der Waals surface area contributed by atoms with Gasteiger partial charge >= 0.3 is 35.8 Å². The first-order chi connectivity index (χ1) is 58.8. The summed E-state index contributed by atoms with van der Waals surface area (Å²) < 4.78 is 63.2. The highest BCUT2D eigenvalue weighted by Gasteiger charge is 2.19. The molecule has 5 aromatic rings. The molecule has 668 valence electrons. The van der Waals surface area contributed by atoms with E-state index in [-0.39, 0.29) is 50.4 Å². The van der Waals surface area contributed by atoms with Crippen LogP contribution in [0.5, 0.6) is 34.5 Å². The fraction of sp³-hybridized carbons (Fsp3) is 0.627. The fourth-order valence-corrected chi connectivity index (χ4v) is 14.5. The molecule has 0 aliphatic heterocycles. The SMILES string of the molecule is C=C(CCC(=O)OCCCCCCCCOc1ccc(OCCCCCCCCOC(=O)CCC(=O)OCCCCCCCCOc2ccc(C(=O)Oc3ccc(CCC(CCC)CCCCC)cc3)cc2)c(C(=O)OCCCCCCO)c1)OCCCCCCCCOc1ccc(C(=O)Oc2ccc(CCC(CCC)CCCCC)cc2)cc1. The van der Waals surface area contributed by atoms with Gasteiger partial charge in [-0.25, -0.2) is 14.4 Å². The molecule has 0 radical (unpaired) electrons. The lowest BCUT2D eigenvalue weighted by Crippen LogP contribution is -2.11. The summed E-state index contributed by atoms with van der Waals surface area (Å²) in [5, 5.41) is 9.14. The van der Waals surface area contributed by atoms with E-state index in [4.69, 9.17) is 57.2 Å². The van der Waals surface area contributed by atoms with Crippen LogP contribution in [0.1, 0.15) is 365 Å². The van der Waals surface area contributed by atoms with Crippen molar-refractivity contribution >= 4 is 35.8 Å². The molecule has 0 aliphatic rings. The van der Waals surface area contributed by atoms with Crippen LogP contribution in [-0.2, 0) is 50.9 Å². The van der Waals surface area contributed by atoms with Crippen molar-refractivity contribution in [3.05, 3.63) is 155 Å². The van der Waals surface area contributed by atoms with Gasteiger partial charge in [0.25, 0.3) is 0 Å². The van der Waals surface area contributed by atoms with Crippen LogP contribution >= 0.6 is 0 Å². The van der Waals surface area contributed by atoms with Crippen molar-refractivity contribution < 1.29 is 86.0 Å². The lowest BCUT2D eigenvalue weighted by Gasteiger charge is -2.16. The maximum absolute atomic E-state index is 13.4. The van der Waals surface area contributed by atoms with Crippen molar-refractivity contribution in [3.8, 4) is 34.5 Å². The van der Waals surface area contributed by atoms with Crippen LogP contribution in [0, 0.1) is 11.8 Å². The predicted octanol–water partition coefficient (Wildman–Crippen LogP) is 25.7. The molecular weight excluding hydrogens is 1510 g/mol. The summed E-state index contributed by atoms with van der Waals surface area (Å²) in [4.78, 5) is 76.2. The number of aryl methyl sites for hydroxylation is 2. The van der Waals surface area contributed by atoms with Crippen LogP contribution in [0.15, 0.2) is 128 Å². The Morgan fingerprint density at radius 3 is 1.00 bits per heavy atom. The maximum Gasteiger partial charge on any atom is 0.343 e. The molecule has 0 fully saturated rings. The average molecular weight is 1670 g/mol. The molecule has 0 aliphatic carbocycles. The Morgan fingerprint density at radius 2 is 0.617 bits per heavy atom. The van der Waals surface area contributed by atoms with E-state index in [9.17, 15) is 28.8 Å². The third-order valence-electron chi connectivity index (χ3n) is 21.9.